The highest BCUT2D eigenvalue weighted by atomic mass is 35.5. The highest BCUT2D eigenvalue weighted by Crippen LogP contribution is 2.20. The Balaban J connectivity index is 1.81. The van der Waals surface area contributed by atoms with Crippen molar-refractivity contribution in [2.24, 2.45) is 0 Å². The van der Waals surface area contributed by atoms with Crippen molar-refractivity contribution in [2.45, 2.75) is 44.5 Å². The molecule has 36 heavy (non-hydrogen) atoms. The van der Waals surface area contributed by atoms with Gasteiger partial charge in [-0.15, -0.1) is 11.8 Å². The zero-order valence-corrected chi connectivity index (χ0v) is 22.0. The Morgan fingerprint density at radius 2 is 1.61 bits per heavy atom. The first-order chi connectivity index (χ1) is 17.5. The van der Waals surface area contributed by atoms with Gasteiger partial charge in [0.2, 0.25) is 11.8 Å². The van der Waals surface area contributed by atoms with Crippen LogP contribution in [0.15, 0.2) is 78.9 Å². The first-order valence-corrected chi connectivity index (χ1v) is 13.7. The van der Waals surface area contributed by atoms with Crippen LogP contribution in [0.5, 0.6) is 0 Å². The highest BCUT2D eigenvalue weighted by Gasteiger charge is 2.30. The van der Waals surface area contributed by atoms with Gasteiger partial charge in [0.15, 0.2) is 0 Å². The van der Waals surface area contributed by atoms with E-state index in [-0.39, 0.29) is 23.4 Å². The summed E-state index contributed by atoms with van der Waals surface area (Å²) in [6, 6.07) is 22.7. The molecule has 0 radical (unpaired) electrons. The van der Waals surface area contributed by atoms with E-state index in [0.717, 1.165) is 29.5 Å². The Morgan fingerprint density at radius 3 is 2.28 bits per heavy atom. The molecule has 4 nitrogen and oxygen atoms in total. The number of carbonyl (C=O) groups is 2. The van der Waals surface area contributed by atoms with Crippen molar-refractivity contribution < 1.29 is 14.0 Å². The molecule has 2 amide bonds. The Hall–Kier alpha value is -2.83. The molecule has 0 aromatic heterocycles. The molecule has 0 aliphatic carbocycles. The van der Waals surface area contributed by atoms with Gasteiger partial charge in [-0.2, -0.15) is 0 Å². The number of nitrogens with zero attached hydrogens (tertiary/aromatic N) is 1. The highest BCUT2D eigenvalue weighted by molar-refractivity contribution is 7.99. The average Bonchev–Trinajstić information content (AvgIpc) is 2.89. The molecule has 3 aromatic rings. The molecule has 3 aromatic carbocycles. The Bertz CT molecular complexity index is 1090. The van der Waals surface area contributed by atoms with Crippen LogP contribution in [-0.2, 0) is 28.3 Å². The maximum Gasteiger partial charge on any atom is 0.243 e. The summed E-state index contributed by atoms with van der Waals surface area (Å²) < 4.78 is 13.2. The van der Waals surface area contributed by atoms with Gasteiger partial charge >= 0.3 is 0 Å². The number of hydrogen-bond acceptors (Lipinski definition) is 3. The molecule has 1 N–H and O–H groups in total. The van der Waals surface area contributed by atoms with Crippen LogP contribution < -0.4 is 5.32 Å². The van der Waals surface area contributed by atoms with Crippen molar-refractivity contribution in [1.82, 2.24) is 10.2 Å². The van der Waals surface area contributed by atoms with Crippen molar-refractivity contribution in [1.29, 1.82) is 0 Å². The van der Waals surface area contributed by atoms with E-state index in [0.29, 0.717) is 30.3 Å². The summed E-state index contributed by atoms with van der Waals surface area (Å²) in [5.74, 6) is 0.222. The molecular formula is C29H32ClFN2O2S. The number of nitrogens with one attached hydrogen (secondary N) is 1. The molecule has 0 fully saturated rings. The third-order valence-electron chi connectivity index (χ3n) is 5.77. The quantitative estimate of drug-likeness (QED) is 0.267. The molecule has 0 saturated carbocycles. The summed E-state index contributed by atoms with van der Waals surface area (Å²) in [4.78, 5) is 28.6. The standard InChI is InChI=1S/C29H32ClFN2O2S/c1-2-3-17-32-29(35)27(18-22-7-5-4-6-8-22)33(19-23-9-13-25(30)14-10-23)28(34)21-36-20-24-11-15-26(31)16-12-24/h4-16,27H,2-3,17-21H2,1H3,(H,32,35)/t27-/m0/s1. The second-order valence-corrected chi connectivity index (χ2v) is 10.0. The molecule has 0 unspecified atom stereocenters. The van der Waals surface area contributed by atoms with Crippen LogP contribution in [0.3, 0.4) is 0 Å². The fraction of sp³-hybridized carbons (Fsp3) is 0.310. The van der Waals surface area contributed by atoms with E-state index in [9.17, 15) is 14.0 Å². The number of thioether (sulfide) groups is 1. The SMILES string of the molecule is CCCCNC(=O)[C@H](Cc1ccccc1)N(Cc1ccc(Cl)cc1)C(=O)CSCc1ccc(F)cc1. The van der Waals surface area contributed by atoms with Crippen molar-refractivity contribution in [2.75, 3.05) is 12.3 Å². The zero-order valence-electron chi connectivity index (χ0n) is 20.5. The van der Waals surface area contributed by atoms with Gasteiger partial charge in [0.25, 0.3) is 0 Å². The molecule has 0 saturated heterocycles. The van der Waals surface area contributed by atoms with Gasteiger partial charge in [0, 0.05) is 30.3 Å². The summed E-state index contributed by atoms with van der Waals surface area (Å²) in [6.07, 6.45) is 2.26. The topological polar surface area (TPSA) is 49.4 Å². The second kappa shape index (κ2) is 14.7. The minimum Gasteiger partial charge on any atom is -0.354 e. The molecule has 0 bridgehead atoms. The van der Waals surface area contributed by atoms with Gasteiger partial charge in [-0.1, -0.05) is 79.5 Å². The number of hydrogen-bond donors (Lipinski definition) is 1. The Kier molecular flexibility index (Phi) is 11.3. The number of unbranched alkanes of at least 4 members (excludes halogenated alkanes) is 1. The maximum absolute atomic E-state index is 13.6. The van der Waals surface area contributed by atoms with Gasteiger partial charge in [-0.05, 0) is 47.4 Å². The van der Waals surface area contributed by atoms with Crippen LogP contribution in [0.2, 0.25) is 5.02 Å². The number of halogens is 2. The van der Waals surface area contributed by atoms with Gasteiger partial charge in [-0.3, -0.25) is 9.59 Å². The predicted octanol–water partition coefficient (Wildman–Crippen LogP) is 6.27. The summed E-state index contributed by atoms with van der Waals surface area (Å²) in [5, 5.41) is 3.64. The lowest BCUT2D eigenvalue weighted by Gasteiger charge is -2.31. The van der Waals surface area contributed by atoms with Crippen LogP contribution in [0.25, 0.3) is 0 Å². The van der Waals surface area contributed by atoms with E-state index in [1.165, 1.54) is 23.9 Å². The Labute approximate surface area is 222 Å². The van der Waals surface area contributed by atoms with Gasteiger partial charge in [0.1, 0.15) is 11.9 Å². The van der Waals surface area contributed by atoms with E-state index >= 15 is 0 Å². The van der Waals surface area contributed by atoms with E-state index in [4.69, 9.17) is 11.6 Å². The molecule has 0 aliphatic rings. The van der Waals surface area contributed by atoms with Gasteiger partial charge in [0.05, 0.1) is 5.75 Å². The molecule has 0 spiro atoms. The van der Waals surface area contributed by atoms with E-state index in [1.807, 2.05) is 42.5 Å². The summed E-state index contributed by atoms with van der Waals surface area (Å²) in [7, 11) is 0. The molecule has 0 heterocycles. The van der Waals surface area contributed by atoms with Crippen molar-refractivity contribution in [3.05, 3.63) is 106 Å². The Morgan fingerprint density at radius 1 is 0.944 bits per heavy atom. The number of amides is 2. The number of carbonyl (C=O) groups excluding carboxylic acids is 2. The van der Waals surface area contributed by atoms with E-state index in [1.54, 1.807) is 29.2 Å². The third-order valence-corrected chi connectivity index (χ3v) is 7.01. The molecule has 1 atom stereocenters. The minimum absolute atomic E-state index is 0.122. The summed E-state index contributed by atoms with van der Waals surface area (Å²) in [5.41, 5.74) is 2.83. The van der Waals surface area contributed by atoms with E-state index in [2.05, 4.69) is 12.2 Å². The first kappa shape index (κ1) is 27.8. The van der Waals surface area contributed by atoms with Crippen molar-refractivity contribution in [3.8, 4) is 0 Å². The van der Waals surface area contributed by atoms with Crippen molar-refractivity contribution >= 4 is 35.2 Å². The monoisotopic (exact) mass is 526 g/mol. The molecule has 0 aliphatic heterocycles. The molecule has 7 heteroatoms. The molecule has 3 rings (SSSR count). The number of benzene rings is 3. The fourth-order valence-corrected chi connectivity index (χ4v) is 4.76. The molecule has 190 valence electrons. The van der Waals surface area contributed by atoms with Crippen LogP contribution in [-0.4, -0.2) is 35.1 Å². The van der Waals surface area contributed by atoms with Crippen LogP contribution in [0.4, 0.5) is 4.39 Å². The second-order valence-electron chi connectivity index (χ2n) is 8.62. The first-order valence-electron chi connectivity index (χ1n) is 12.1. The lowest BCUT2D eigenvalue weighted by Crippen LogP contribution is -2.51. The maximum atomic E-state index is 13.6. The number of rotatable bonds is 13. The van der Waals surface area contributed by atoms with Crippen LogP contribution >= 0.6 is 23.4 Å². The third kappa shape index (κ3) is 8.99. The normalized spacial score (nSPS) is 11.6. The van der Waals surface area contributed by atoms with Crippen LogP contribution in [0.1, 0.15) is 36.5 Å². The van der Waals surface area contributed by atoms with Crippen LogP contribution in [0, 0.1) is 5.82 Å². The fourth-order valence-electron chi connectivity index (χ4n) is 3.77. The smallest absolute Gasteiger partial charge is 0.243 e. The lowest BCUT2D eigenvalue weighted by atomic mass is 10.0. The van der Waals surface area contributed by atoms with Gasteiger partial charge < -0.3 is 10.2 Å². The largest absolute Gasteiger partial charge is 0.354 e. The van der Waals surface area contributed by atoms with Gasteiger partial charge in [-0.25, -0.2) is 4.39 Å². The lowest BCUT2D eigenvalue weighted by molar-refractivity contribution is -0.139. The molecular weight excluding hydrogens is 495 g/mol. The minimum atomic E-state index is -0.654. The summed E-state index contributed by atoms with van der Waals surface area (Å²) in [6.45, 7) is 2.94. The average molecular weight is 527 g/mol. The van der Waals surface area contributed by atoms with Crippen molar-refractivity contribution in [3.63, 3.8) is 0 Å². The summed E-state index contributed by atoms with van der Waals surface area (Å²) >= 11 is 7.52. The predicted molar refractivity (Wildman–Crippen MR) is 146 cm³/mol. The zero-order chi connectivity index (χ0) is 25.8. The van der Waals surface area contributed by atoms with E-state index < -0.39 is 6.04 Å².